The second-order valence-corrected chi connectivity index (χ2v) is 7.90. The van der Waals surface area contributed by atoms with Crippen LogP contribution in [0, 0.1) is 0 Å². The average Bonchev–Trinajstić information content (AvgIpc) is 2.50. The lowest BCUT2D eigenvalue weighted by Gasteiger charge is -2.43. The van der Waals surface area contributed by atoms with E-state index in [4.69, 9.17) is 4.74 Å². The Balaban J connectivity index is 1.96. The Hall–Kier alpha value is -0.210. The van der Waals surface area contributed by atoms with Gasteiger partial charge in [-0.25, -0.2) is 0 Å². The molecule has 124 valence electrons. The maximum atomic E-state index is 12.8. The number of fused-ring (bicyclic) bond motifs is 1. The molecule has 2 unspecified atom stereocenters. The van der Waals surface area contributed by atoms with E-state index in [1.807, 2.05) is 0 Å². The van der Waals surface area contributed by atoms with E-state index in [1.54, 1.807) is 11.4 Å². The Morgan fingerprint density at radius 3 is 2.86 bits per heavy atom. The molecular weight excluding hydrogens is 290 g/mol. The predicted octanol–water partition coefficient (Wildman–Crippen LogP) is 0.806. The van der Waals surface area contributed by atoms with Crippen LogP contribution in [0.1, 0.15) is 39.0 Å². The van der Waals surface area contributed by atoms with Gasteiger partial charge >= 0.3 is 0 Å². The number of nitrogens with one attached hydrogen (secondary N) is 1. The number of hydrogen-bond donors (Lipinski definition) is 1. The third-order valence-electron chi connectivity index (χ3n) is 4.45. The zero-order valence-electron chi connectivity index (χ0n) is 13.3. The van der Waals surface area contributed by atoms with Crippen molar-refractivity contribution in [3.63, 3.8) is 0 Å². The molecule has 0 spiro atoms. The normalized spacial score (nSPS) is 27.8. The highest BCUT2D eigenvalue weighted by Gasteiger charge is 2.41. The molecule has 2 fully saturated rings. The Morgan fingerprint density at radius 1 is 1.33 bits per heavy atom. The topological polar surface area (TPSA) is 61.9 Å². The molecule has 1 heterocycles. The van der Waals surface area contributed by atoms with Gasteiger partial charge in [-0.3, -0.25) is 0 Å². The van der Waals surface area contributed by atoms with Crippen molar-refractivity contribution in [1.29, 1.82) is 0 Å². The zero-order valence-corrected chi connectivity index (χ0v) is 14.1. The minimum absolute atomic E-state index is 0.0358. The Morgan fingerprint density at radius 2 is 2.10 bits per heavy atom. The quantitative estimate of drug-likeness (QED) is 0.705. The summed E-state index contributed by atoms with van der Waals surface area (Å²) in [6.07, 6.45) is 5.09. The van der Waals surface area contributed by atoms with Crippen molar-refractivity contribution in [2.45, 2.75) is 51.2 Å². The second kappa shape index (κ2) is 7.87. The minimum Gasteiger partial charge on any atom is -0.375 e. The summed E-state index contributed by atoms with van der Waals surface area (Å²) < 4.78 is 34.5. The van der Waals surface area contributed by atoms with Crippen LogP contribution in [0.4, 0.5) is 0 Å². The van der Waals surface area contributed by atoms with Crippen LogP contribution in [0.2, 0.25) is 0 Å². The lowest BCUT2D eigenvalue weighted by atomic mass is 9.91. The largest absolute Gasteiger partial charge is 0.375 e. The van der Waals surface area contributed by atoms with E-state index in [-0.39, 0.29) is 12.1 Å². The van der Waals surface area contributed by atoms with Gasteiger partial charge in [0.25, 0.3) is 10.2 Å². The molecule has 1 aliphatic carbocycles. The summed E-state index contributed by atoms with van der Waals surface area (Å²) in [4.78, 5) is 0. The molecule has 2 rings (SSSR count). The summed E-state index contributed by atoms with van der Waals surface area (Å²) in [5, 5.41) is 3.22. The molecule has 0 aromatic rings. The summed E-state index contributed by atoms with van der Waals surface area (Å²) in [5.41, 5.74) is 0. The Kier molecular flexibility index (Phi) is 6.43. The van der Waals surface area contributed by atoms with Crippen molar-refractivity contribution in [3.8, 4) is 0 Å². The number of rotatable bonds is 7. The fourth-order valence-corrected chi connectivity index (χ4v) is 4.85. The van der Waals surface area contributed by atoms with Gasteiger partial charge in [0, 0.05) is 20.1 Å². The highest BCUT2D eigenvalue weighted by atomic mass is 32.2. The maximum absolute atomic E-state index is 12.8. The third kappa shape index (κ3) is 4.16. The fraction of sp³-hybridized carbons (Fsp3) is 1.00. The summed E-state index contributed by atoms with van der Waals surface area (Å²) in [6.45, 7) is 5.39. The van der Waals surface area contributed by atoms with Crippen LogP contribution in [-0.4, -0.2) is 69.0 Å². The van der Waals surface area contributed by atoms with E-state index in [1.165, 1.54) is 4.31 Å². The molecule has 1 saturated heterocycles. The smallest absolute Gasteiger partial charge is 0.282 e. The average molecular weight is 319 g/mol. The molecular formula is C14H29N3O3S. The molecule has 0 bridgehead atoms. The van der Waals surface area contributed by atoms with Crippen LogP contribution < -0.4 is 5.32 Å². The minimum atomic E-state index is -3.36. The zero-order chi connectivity index (χ0) is 15.3. The molecule has 0 radical (unpaired) electrons. The standard InChI is InChI=1S/C14H29N3O3S/c1-3-15-9-6-10-16(2)21(18,19)17-11-12-20-14-8-5-4-7-13(14)17/h13-15H,3-12H2,1-2H3. The van der Waals surface area contributed by atoms with Gasteiger partial charge in [0.1, 0.15) is 0 Å². The van der Waals surface area contributed by atoms with E-state index in [0.717, 1.165) is 45.2 Å². The van der Waals surface area contributed by atoms with E-state index in [2.05, 4.69) is 12.2 Å². The molecule has 1 N–H and O–H groups in total. The molecule has 2 aliphatic rings. The summed E-state index contributed by atoms with van der Waals surface area (Å²) in [5.74, 6) is 0. The van der Waals surface area contributed by atoms with Gasteiger partial charge in [-0.15, -0.1) is 0 Å². The van der Waals surface area contributed by atoms with Gasteiger partial charge in [0.15, 0.2) is 0 Å². The Labute approximate surface area is 129 Å². The van der Waals surface area contributed by atoms with Crippen LogP contribution >= 0.6 is 0 Å². The first-order chi connectivity index (χ1) is 10.1. The molecule has 2 atom stereocenters. The highest BCUT2D eigenvalue weighted by molar-refractivity contribution is 7.86. The molecule has 0 aromatic carbocycles. The van der Waals surface area contributed by atoms with E-state index < -0.39 is 10.2 Å². The van der Waals surface area contributed by atoms with Crippen LogP contribution in [0.15, 0.2) is 0 Å². The van der Waals surface area contributed by atoms with Gasteiger partial charge in [-0.05, 0) is 32.4 Å². The first-order valence-electron chi connectivity index (χ1n) is 8.12. The molecule has 0 amide bonds. The number of morpholine rings is 1. The maximum Gasteiger partial charge on any atom is 0.282 e. The summed E-state index contributed by atoms with van der Waals surface area (Å²) in [7, 11) is -1.67. The lowest BCUT2D eigenvalue weighted by molar-refractivity contribution is -0.0600. The number of ether oxygens (including phenoxy) is 1. The summed E-state index contributed by atoms with van der Waals surface area (Å²) in [6, 6.07) is 0.0358. The van der Waals surface area contributed by atoms with Crippen molar-refractivity contribution >= 4 is 10.2 Å². The van der Waals surface area contributed by atoms with E-state index in [9.17, 15) is 8.42 Å². The van der Waals surface area contributed by atoms with Crippen LogP contribution in [0.25, 0.3) is 0 Å². The summed E-state index contributed by atoms with van der Waals surface area (Å²) >= 11 is 0. The predicted molar refractivity (Wildman–Crippen MR) is 83.4 cm³/mol. The fourth-order valence-electron chi connectivity index (χ4n) is 3.25. The van der Waals surface area contributed by atoms with Gasteiger partial charge in [-0.2, -0.15) is 17.0 Å². The van der Waals surface area contributed by atoms with Gasteiger partial charge < -0.3 is 10.1 Å². The van der Waals surface area contributed by atoms with Crippen molar-refractivity contribution in [2.24, 2.45) is 0 Å². The second-order valence-electron chi connectivity index (χ2n) is 5.91. The first-order valence-corrected chi connectivity index (χ1v) is 9.52. The van der Waals surface area contributed by atoms with Crippen LogP contribution in [0.3, 0.4) is 0 Å². The third-order valence-corrected chi connectivity index (χ3v) is 6.46. The van der Waals surface area contributed by atoms with Gasteiger partial charge in [-0.1, -0.05) is 19.8 Å². The molecule has 7 heteroatoms. The monoisotopic (exact) mass is 319 g/mol. The van der Waals surface area contributed by atoms with E-state index in [0.29, 0.717) is 19.7 Å². The molecule has 1 saturated carbocycles. The lowest BCUT2D eigenvalue weighted by Crippen LogP contribution is -2.57. The van der Waals surface area contributed by atoms with Crippen molar-refractivity contribution < 1.29 is 13.2 Å². The molecule has 6 nitrogen and oxygen atoms in total. The SMILES string of the molecule is CCNCCCN(C)S(=O)(=O)N1CCOC2CCCCC21. The van der Waals surface area contributed by atoms with Crippen molar-refractivity contribution in [2.75, 3.05) is 39.8 Å². The highest BCUT2D eigenvalue weighted by Crippen LogP contribution is 2.30. The number of hydrogen-bond acceptors (Lipinski definition) is 4. The Bertz CT molecular complexity index is 414. The first kappa shape index (κ1) is 17.1. The molecule has 21 heavy (non-hydrogen) atoms. The van der Waals surface area contributed by atoms with Crippen molar-refractivity contribution in [3.05, 3.63) is 0 Å². The van der Waals surface area contributed by atoms with E-state index >= 15 is 0 Å². The molecule has 0 aromatic heterocycles. The van der Waals surface area contributed by atoms with Crippen molar-refractivity contribution in [1.82, 2.24) is 13.9 Å². The molecule has 1 aliphatic heterocycles. The van der Waals surface area contributed by atoms with Gasteiger partial charge in [0.05, 0.1) is 18.8 Å². The van der Waals surface area contributed by atoms with Crippen LogP contribution in [-0.2, 0) is 14.9 Å². The van der Waals surface area contributed by atoms with Crippen LogP contribution in [0.5, 0.6) is 0 Å². The number of nitrogens with zero attached hydrogens (tertiary/aromatic N) is 2. The van der Waals surface area contributed by atoms with Gasteiger partial charge in [0.2, 0.25) is 0 Å².